The van der Waals surface area contributed by atoms with E-state index >= 15 is 0 Å². The van der Waals surface area contributed by atoms with Crippen LogP contribution < -0.4 is 10.6 Å². The maximum atomic E-state index is 12.9. The average Bonchev–Trinajstić information content (AvgIpc) is 3.32. The number of piperidine rings is 1. The first kappa shape index (κ1) is 18.2. The molecule has 1 unspecified atom stereocenters. The maximum absolute atomic E-state index is 12.9. The summed E-state index contributed by atoms with van der Waals surface area (Å²) in [6, 6.07) is 14.0. The second-order valence-electron chi connectivity index (χ2n) is 7.36. The van der Waals surface area contributed by atoms with Gasteiger partial charge in [-0.25, -0.2) is 0 Å². The van der Waals surface area contributed by atoms with Gasteiger partial charge in [-0.3, -0.25) is 14.5 Å². The zero-order chi connectivity index (χ0) is 18.6. The van der Waals surface area contributed by atoms with Gasteiger partial charge in [0.2, 0.25) is 5.91 Å². The number of nitrogens with zero attached hydrogens (tertiary/aromatic N) is 1. The third-order valence-electron chi connectivity index (χ3n) is 5.26. The van der Waals surface area contributed by atoms with E-state index in [0.29, 0.717) is 6.04 Å². The molecule has 1 aromatic heterocycles. The van der Waals surface area contributed by atoms with Crippen molar-refractivity contribution in [2.75, 3.05) is 13.1 Å². The van der Waals surface area contributed by atoms with Crippen LogP contribution in [0.1, 0.15) is 47.0 Å². The lowest BCUT2D eigenvalue weighted by Crippen LogP contribution is -2.49. The summed E-state index contributed by atoms with van der Waals surface area (Å²) in [6.07, 6.45) is 3.89. The van der Waals surface area contributed by atoms with Crippen LogP contribution in [-0.2, 0) is 4.79 Å². The fraction of sp³-hybridized carbons (Fsp3) is 0.429. The van der Waals surface area contributed by atoms with Gasteiger partial charge in [0.1, 0.15) is 6.04 Å². The van der Waals surface area contributed by atoms with Crippen molar-refractivity contribution in [1.82, 2.24) is 15.5 Å². The molecule has 1 aliphatic heterocycles. The van der Waals surface area contributed by atoms with E-state index in [1.54, 1.807) is 0 Å². The second-order valence-corrected chi connectivity index (χ2v) is 8.30. The first-order chi connectivity index (χ1) is 13.2. The lowest BCUT2D eigenvalue weighted by molar-refractivity contribution is -0.127. The number of hydrogen-bond acceptors (Lipinski definition) is 4. The number of carbonyl (C=O) groups excluding carboxylic acids is 2. The van der Waals surface area contributed by atoms with E-state index in [9.17, 15) is 9.59 Å². The van der Waals surface area contributed by atoms with Crippen molar-refractivity contribution >= 4 is 23.2 Å². The number of benzene rings is 1. The van der Waals surface area contributed by atoms with Gasteiger partial charge < -0.3 is 10.6 Å². The Morgan fingerprint density at radius 3 is 2.26 bits per heavy atom. The van der Waals surface area contributed by atoms with Crippen LogP contribution in [0.5, 0.6) is 0 Å². The van der Waals surface area contributed by atoms with Crippen LogP contribution >= 0.6 is 11.3 Å². The third kappa shape index (κ3) is 4.57. The van der Waals surface area contributed by atoms with Gasteiger partial charge in [0, 0.05) is 25.2 Å². The quantitative estimate of drug-likeness (QED) is 0.806. The Morgan fingerprint density at radius 1 is 0.926 bits per heavy atom. The fourth-order valence-corrected chi connectivity index (χ4v) is 4.26. The molecule has 2 aromatic rings. The first-order valence-electron chi connectivity index (χ1n) is 9.64. The molecule has 1 aliphatic carbocycles. The van der Waals surface area contributed by atoms with Crippen molar-refractivity contribution in [2.24, 2.45) is 0 Å². The van der Waals surface area contributed by atoms with Gasteiger partial charge in [-0.1, -0.05) is 36.4 Å². The molecule has 1 saturated heterocycles. The summed E-state index contributed by atoms with van der Waals surface area (Å²) in [5, 5.41) is 8.22. The van der Waals surface area contributed by atoms with Crippen LogP contribution in [0.4, 0.5) is 0 Å². The van der Waals surface area contributed by atoms with Crippen molar-refractivity contribution in [3.63, 3.8) is 0 Å². The Kier molecular flexibility index (Phi) is 5.55. The minimum Gasteiger partial charge on any atom is -0.352 e. The van der Waals surface area contributed by atoms with Crippen molar-refractivity contribution in [1.29, 1.82) is 0 Å². The number of hydrogen-bond donors (Lipinski definition) is 2. The van der Waals surface area contributed by atoms with E-state index in [1.807, 2.05) is 47.8 Å². The first-order valence-corrected chi connectivity index (χ1v) is 10.5. The van der Waals surface area contributed by atoms with Crippen molar-refractivity contribution < 1.29 is 9.59 Å². The SMILES string of the molecule is O=C(NC1CCN(C(C(=O)NC2CC2)c2ccccc2)CC1)c1cccs1. The van der Waals surface area contributed by atoms with E-state index in [-0.39, 0.29) is 23.9 Å². The smallest absolute Gasteiger partial charge is 0.261 e. The summed E-state index contributed by atoms with van der Waals surface area (Å²) in [4.78, 5) is 28.2. The molecule has 0 radical (unpaired) electrons. The number of likely N-dealkylation sites (tertiary alicyclic amines) is 1. The summed E-state index contributed by atoms with van der Waals surface area (Å²) < 4.78 is 0. The highest BCUT2D eigenvalue weighted by Crippen LogP contribution is 2.27. The molecule has 0 bridgehead atoms. The molecule has 1 atom stereocenters. The molecule has 2 heterocycles. The van der Waals surface area contributed by atoms with Crippen LogP contribution in [0.15, 0.2) is 47.8 Å². The molecule has 0 spiro atoms. The van der Waals surface area contributed by atoms with Gasteiger partial charge in [0.15, 0.2) is 0 Å². The maximum Gasteiger partial charge on any atom is 0.261 e. The fourth-order valence-electron chi connectivity index (χ4n) is 3.64. The molecule has 142 valence electrons. The van der Waals surface area contributed by atoms with Crippen molar-refractivity contribution in [3.05, 3.63) is 58.3 Å². The summed E-state index contributed by atoms with van der Waals surface area (Å²) >= 11 is 1.46. The number of nitrogens with one attached hydrogen (secondary N) is 2. The highest BCUT2D eigenvalue weighted by atomic mass is 32.1. The number of carbonyl (C=O) groups is 2. The summed E-state index contributed by atoms with van der Waals surface area (Å²) in [5.74, 6) is 0.110. The van der Waals surface area contributed by atoms with Crippen LogP contribution in [0.3, 0.4) is 0 Å². The van der Waals surface area contributed by atoms with Gasteiger partial charge in [-0.2, -0.15) is 0 Å². The molecule has 1 aromatic carbocycles. The average molecular weight is 384 g/mol. The number of amides is 2. The van der Waals surface area contributed by atoms with Crippen LogP contribution in [0, 0.1) is 0 Å². The van der Waals surface area contributed by atoms with Crippen molar-refractivity contribution in [2.45, 2.75) is 43.8 Å². The van der Waals surface area contributed by atoms with E-state index < -0.39 is 0 Å². The Balaban J connectivity index is 1.39. The predicted molar refractivity (Wildman–Crippen MR) is 107 cm³/mol. The number of rotatable bonds is 6. The van der Waals surface area contributed by atoms with E-state index in [2.05, 4.69) is 15.5 Å². The molecule has 27 heavy (non-hydrogen) atoms. The molecule has 6 heteroatoms. The summed E-state index contributed by atoms with van der Waals surface area (Å²) in [7, 11) is 0. The molecule has 1 saturated carbocycles. The highest BCUT2D eigenvalue weighted by Gasteiger charge is 2.34. The molecular weight excluding hydrogens is 358 g/mol. The topological polar surface area (TPSA) is 61.4 Å². The van der Waals surface area contributed by atoms with E-state index in [4.69, 9.17) is 0 Å². The summed E-state index contributed by atoms with van der Waals surface area (Å²) in [6.45, 7) is 1.60. The molecular formula is C21H25N3O2S. The van der Waals surface area contributed by atoms with Crippen LogP contribution in [0.2, 0.25) is 0 Å². The Bertz CT molecular complexity index is 766. The minimum absolute atomic E-state index is 0.00883. The molecule has 2 fully saturated rings. The molecule has 2 amide bonds. The monoisotopic (exact) mass is 383 g/mol. The molecule has 4 rings (SSSR count). The van der Waals surface area contributed by atoms with Crippen molar-refractivity contribution in [3.8, 4) is 0 Å². The Morgan fingerprint density at radius 2 is 1.63 bits per heavy atom. The van der Waals surface area contributed by atoms with E-state index in [0.717, 1.165) is 49.2 Å². The molecule has 2 N–H and O–H groups in total. The van der Waals surface area contributed by atoms with E-state index in [1.165, 1.54) is 11.3 Å². The lowest BCUT2D eigenvalue weighted by atomic mass is 9.98. The Labute approximate surface area is 163 Å². The molecule has 5 nitrogen and oxygen atoms in total. The zero-order valence-corrected chi connectivity index (χ0v) is 16.1. The van der Waals surface area contributed by atoms with Crippen LogP contribution in [0.25, 0.3) is 0 Å². The van der Waals surface area contributed by atoms with Gasteiger partial charge in [0.05, 0.1) is 4.88 Å². The standard InChI is InChI=1S/C21H25N3O2S/c25-20(18-7-4-14-27-18)22-17-10-12-24(13-11-17)19(15-5-2-1-3-6-15)21(26)23-16-8-9-16/h1-7,14,16-17,19H,8-13H2,(H,22,25)(H,23,26). The molecule has 2 aliphatic rings. The normalized spacial score (nSPS) is 19.4. The lowest BCUT2D eigenvalue weighted by Gasteiger charge is -2.37. The second kappa shape index (κ2) is 8.23. The van der Waals surface area contributed by atoms with Gasteiger partial charge in [0.25, 0.3) is 5.91 Å². The summed E-state index contributed by atoms with van der Waals surface area (Å²) in [5.41, 5.74) is 1.04. The van der Waals surface area contributed by atoms with Crippen LogP contribution in [-0.4, -0.2) is 41.9 Å². The van der Waals surface area contributed by atoms with Gasteiger partial charge >= 0.3 is 0 Å². The van der Waals surface area contributed by atoms with Gasteiger partial charge in [-0.15, -0.1) is 11.3 Å². The number of thiophene rings is 1. The highest BCUT2D eigenvalue weighted by molar-refractivity contribution is 7.12. The minimum atomic E-state index is -0.249. The Hall–Kier alpha value is -2.18. The van der Waals surface area contributed by atoms with Gasteiger partial charge in [-0.05, 0) is 42.7 Å². The zero-order valence-electron chi connectivity index (χ0n) is 15.3. The third-order valence-corrected chi connectivity index (χ3v) is 6.13. The predicted octanol–water partition coefficient (Wildman–Crippen LogP) is 2.96. The largest absolute Gasteiger partial charge is 0.352 e.